The van der Waals surface area contributed by atoms with Gasteiger partial charge in [-0.2, -0.15) is 0 Å². The molecule has 3 atom stereocenters. The Bertz CT molecular complexity index is 2210. The number of sulfone groups is 1. The Labute approximate surface area is 330 Å². The summed E-state index contributed by atoms with van der Waals surface area (Å²) in [6.45, 7) is 12.1. The van der Waals surface area contributed by atoms with Gasteiger partial charge in [-0.1, -0.05) is 6.08 Å². The van der Waals surface area contributed by atoms with E-state index in [1.165, 1.54) is 25.3 Å². The zero-order valence-electron chi connectivity index (χ0n) is 33.2. The number of aromatic nitrogens is 3. The number of allylic oxidation sites excluding steroid dienone is 1. The van der Waals surface area contributed by atoms with Crippen LogP contribution < -0.4 is 26.5 Å². The summed E-state index contributed by atoms with van der Waals surface area (Å²) in [6, 6.07) is 6.01. The van der Waals surface area contributed by atoms with Crippen molar-refractivity contribution >= 4 is 21.8 Å². The molecule has 0 aliphatic heterocycles. The first-order valence-corrected chi connectivity index (χ1v) is 19.5. The number of nitrogens with zero attached hydrogens (tertiary/aromatic N) is 3. The number of aliphatic hydroxyl groups is 2. The Balaban J connectivity index is 1.73. The van der Waals surface area contributed by atoms with E-state index in [1.807, 2.05) is 6.92 Å². The second-order valence-electron chi connectivity index (χ2n) is 13.3. The normalized spacial score (nSPS) is 13.2. The number of hydrogen-bond donors (Lipinski definition) is 2. The lowest BCUT2D eigenvalue weighted by atomic mass is 10.1. The van der Waals surface area contributed by atoms with Crippen LogP contribution in [0.2, 0.25) is 0 Å². The zero-order chi connectivity index (χ0) is 42.6. The molecule has 2 N–H and O–H groups in total. The topological polar surface area (TPSA) is 221 Å². The van der Waals surface area contributed by atoms with Gasteiger partial charge in [-0.3, -0.25) is 0 Å². The molecule has 3 aromatic rings. The third kappa shape index (κ3) is 12.1. The van der Waals surface area contributed by atoms with Crippen LogP contribution in [-0.2, 0) is 53.3 Å². The van der Waals surface area contributed by atoms with E-state index >= 15 is 0 Å². The highest BCUT2D eigenvalue weighted by Crippen LogP contribution is 2.33. The molecule has 0 aliphatic carbocycles. The summed E-state index contributed by atoms with van der Waals surface area (Å²) in [6.07, 6.45) is -0.666. The summed E-state index contributed by atoms with van der Waals surface area (Å²) in [5.74, 6) is -0.795. The van der Waals surface area contributed by atoms with Crippen molar-refractivity contribution in [3.8, 4) is 11.5 Å². The molecule has 0 bridgehead atoms. The number of methoxy groups -OCH3 is 1. The molecule has 1 aromatic heterocycles. The number of carbonyl (C=O) groups excluding carboxylic acids is 2. The van der Waals surface area contributed by atoms with Gasteiger partial charge in [0.1, 0.15) is 30.3 Å². The van der Waals surface area contributed by atoms with E-state index in [-0.39, 0.29) is 41.7 Å². The van der Waals surface area contributed by atoms with E-state index in [9.17, 15) is 42.6 Å². The molecule has 1 heterocycles. The summed E-state index contributed by atoms with van der Waals surface area (Å²) < 4.78 is 55.6. The third-order valence-corrected chi connectivity index (χ3v) is 10.2. The van der Waals surface area contributed by atoms with E-state index in [0.717, 1.165) is 12.2 Å². The minimum absolute atomic E-state index is 0.0350. The van der Waals surface area contributed by atoms with E-state index in [4.69, 9.17) is 23.7 Å². The number of aryl methyl sites for hydroxylation is 4. The Morgan fingerprint density at radius 1 is 0.772 bits per heavy atom. The van der Waals surface area contributed by atoms with Gasteiger partial charge >= 0.3 is 29.0 Å². The van der Waals surface area contributed by atoms with Crippen LogP contribution >= 0.6 is 0 Å². The molecule has 0 amide bonds. The fourth-order valence-corrected chi connectivity index (χ4v) is 7.48. The Kier molecular flexibility index (Phi) is 16.8. The average molecular weight is 818 g/mol. The van der Waals surface area contributed by atoms with Crippen molar-refractivity contribution in [3.63, 3.8) is 0 Å². The van der Waals surface area contributed by atoms with Gasteiger partial charge in [-0.15, -0.1) is 6.58 Å². The highest BCUT2D eigenvalue weighted by molar-refractivity contribution is 7.91. The van der Waals surface area contributed by atoms with E-state index in [1.54, 1.807) is 46.8 Å². The lowest BCUT2D eigenvalue weighted by Crippen LogP contribution is -2.56. The second kappa shape index (κ2) is 20.7. The molecule has 0 saturated carbocycles. The van der Waals surface area contributed by atoms with Crippen molar-refractivity contribution in [3.05, 3.63) is 103 Å². The molecular formula is C39H51N3O14S. The first kappa shape index (κ1) is 46.1. The molecule has 17 nitrogen and oxygen atoms in total. The van der Waals surface area contributed by atoms with E-state index in [2.05, 4.69) is 6.58 Å². The summed E-state index contributed by atoms with van der Waals surface area (Å²) in [4.78, 5) is 63.7. The SMILES string of the molecule is C=CCn1c(=O)n(CC(O)CCOC(=O)/C=C\C(=O)OC(C)COC)c(=O)n(CC(O)COc2c(C)cc(S(=O)(=O)c3cc(C)c(OCC)c(C)c3)cc2C)c1=O. The van der Waals surface area contributed by atoms with Gasteiger partial charge in [-0.25, -0.2) is 46.1 Å². The minimum Gasteiger partial charge on any atom is -0.493 e. The summed E-state index contributed by atoms with van der Waals surface area (Å²) >= 11 is 0. The molecule has 2 aromatic carbocycles. The van der Waals surface area contributed by atoms with Gasteiger partial charge in [0, 0.05) is 25.7 Å². The van der Waals surface area contributed by atoms with Crippen molar-refractivity contribution in [1.82, 2.24) is 13.7 Å². The molecule has 57 heavy (non-hydrogen) atoms. The van der Waals surface area contributed by atoms with Crippen LogP contribution in [0.4, 0.5) is 0 Å². The minimum atomic E-state index is -3.94. The van der Waals surface area contributed by atoms with Crippen LogP contribution in [0.25, 0.3) is 0 Å². The summed E-state index contributed by atoms with van der Waals surface area (Å²) in [5.41, 5.74) is -0.936. The molecule has 3 unspecified atom stereocenters. The molecular weight excluding hydrogens is 767 g/mol. The summed E-state index contributed by atoms with van der Waals surface area (Å²) in [5, 5.41) is 21.6. The van der Waals surface area contributed by atoms with Gasteiger partial charge in [-0.05, 0) is 88.1 Å². The standard InChI is InChI=1S/C39H51N3O14S/c1-9-14-40-37(47)41(20-29(43)13-15-54-33(45)11-12-34(46)56-28(7)22-52-8)39(49)42(38(40)48)21-30(44)23-55-36-26(5)18-32(19-27(36)6)57(50,51)31-16-24(3)35(53-10-2)25(4)17-31/h9,11-12,16-19,28-30,43-44H,1,10,13-15,20-23H2,2-8H3/b12-11-. The van der Waals surface area contributed by atoms with Gasteiger partial charge < -0.3 is 33.9 Å². The fourth-order valence-electron chi connectivity index (χ4n) is 5.88. The highest BCUT2D eigenvalue weighted by atomic mass is 32.2. The number of benzene rings is 2. The van der Waals surface area contributed by atoms with Crippen LogP contribution in [0.3, 0.4) is 0 Å². The summed E-state index contributed by atoms with van der Waals surface area (Å²) in [7, 11) is -2.50. The average Bonchev–Trinajstić information content (AvgIpc) is 3.13. The second-order valence-corrected chi connectivity index (χ2v) is 15.2. The number of ether oxygens (including phenoxy) is 5. The van der Waals surface area contributed by atoms with Crippen molar-refractivity contribution in [1.29, 1.82) is 0 Å². The monoisotopic (exact) mass is 817 g/mol. The quantitative estimate of drug-likeness (QED) is 0.0888. The number of hydrogen-bond acceptors (Lipinski definition) is 14. The molecule has 0 aliphatic rings. The van der Waals surface area contributed by atoms with Gasteiger partial charge in [0.05, 0.1) is 55.3 Å². The molecule has 312 valence electrons. The van der Waals surface area contributed by atoms with Crippen LogP contribution in [0.5, 0.6) is 11.5 Å². The van der Waals surface area contributed by atoms with Crippen molar-refractivity contribution in [2.45, 2.75) is 95.7 Å². The maximum atomic E-state index is 13.6. The van der Waals surface area contributed by atoms with Crippen molar-refractivity contribution < 1.29 is 51.9 Å². The molecule has 3 rings (SSSR count). The zero-order valence-corrected chi connectivity index (χ0v) is 34.0. The largest absolute Gasteiger partial charge is 0.493 e. The Hall–Kier alpha value is -5.30. The van der Waals surface area contributed by atoms with Gasteiger partial charge in [0.2, 0.25) is 9.84 Å². The first-order valence-electron chi connectivity index (χ1n) is 18.0. The van der Waals surface area contributed by atoms with E-state index < -0.39 is 76.9 Å². The number of aliphatic hydroxyl groups excluding tert-OH is 2. The predicted octanol–water partition coefficient (Wildman–Crippen LogP) is 1.69. The first-order chi connectivity index (χ1) is 26.8. The molecule has 0 saturated heterocycles. The van der Waals surface area contributed by atoms with Crippen molar-refractivity contribution in [2.75, 3.05) is 33.5 Å². The molecule has 18 heteroatoms. The van der Waals surface area contributed by atoms with Gasteiger partial charge in [0.25, 0.3) is 0 Å². The third-order valence-electron chi connectivity index (χ3n) is 8.45. The number of rotatable bonds is 21. The number of esters is 2. The maximum Gasteiger partial charge on any atom is 0.336 e. The number of carbonyl (C=O) groups is 2. The van der Waals surface area contributed by atoms with Crippen LogP contribution in [0.1, 0.15) is 42.5 Å². The smallest absolute Gasteiger partial charge is 0.336 e. The lowest BCUT2D eigenvalue weighted by Gasteiger charge is -2.19. The Morgan fingerprint density at radius 2 is 1.25 bits per heavy atom. The fraction of sp³-hybridized carbons (Fsp3) is 0.462. The lowest BCUT2D eigenvalue weighted by molar-refractivity contribution is -0.145. The van der Waals surface area contributed by atoms with Crippen LogP contribution in [0.15, 0.2) is 73.2 Å². The molecule has 0 fully saturated rings. The van der Waals surface area contributed by atoms with Crippen LogP contribution in [0, 0.1) is 27.7 Å². The molecule has 0 spiro atoms. The Morgan fingerprint density at radius 3 is 1.74 bits per heavy atom. The van der Waals surface area contributed by atoms with Gasteiger partial charge in [0.15, 0.2) is 0 Å². The van der Waals surface area contributed by atoms with Crippen molar-refractivity contribution in [2.24, 2.45) is 0 Å². The maximum absolute atomic E-state index is 13.6. The van der Waals surface area contributed by atoms with E-state index in [0.29, 0.717) is 48.3 Å². The highest BCUT2D eigenvalue weighted by Gasteiger charge is 2.24. The predicted molar refractivity (Wildman–Crippen MR) is 208 cm³/mol. The molecule has 0 radical (unpaired) electrons. The van der Waals surface area contributed by atoms with Crippen LogP contribution in [-0.4, -0.2) is 96.1 Å².